The molecule has 5 aliphatic heterocycles. The highest BCUT2D eigenvalue weighted by Crippen LogP contribution is 2.45. The molecular weight excluding hydrogens is 753 g/mol. The lowest BCUT2D eigenvalue weighted by Gasteiger charge is -2.29. The number of aldehydes is 1. The summed E-state index contributed by atoms with van der Waals surface area (Å²) in [5.41, 5.74) is 3.11. The zero-order valence-corrected chi connectivity index (χ0v) is 32.1. The molecule has 0 fully saturated rings. The number of aliphatic imine (C=N–C) groups is 6. The summed E-state index contributed by atoms with van der Waals surface area (Å²) in [5.74, 6) is -9.33. The van der Waals surface area contributed by atoms with E-state index in [-0.39, 0.29) is 69.7 Å². The molecule has 10 rings (SSSR count). The highest BCUT2D eigenvalue weighted by molar-refractivity contribution is 6.47. The van der Waals surface area contributed by atoms with E-state index in [1.807, 2.05) is 13.8 Å². The summed E-state index contributed by atoms with van der Waals surface area (Å²) in [6.07, 6.45) is 16.5. The molecule has 0 aromatic carbocycles. The standard InChI is InChI=1S/C45H34N6O8/c1-17(2)6-8-22(31(53)16-52)26-12-21-13-30-33-19(4)38(55)39(56)20(5)34(33)43(48-30)50-45-36-25-11-10-24(41(58)42(25)59)35(36)44(51-45)49-32-14-27(29(47-32)15-28(26)46-21)23-9-7-18(3)37(54)40(23)57/h6-18,20,22-25,55-56H,4H2,1-3,5H3/b8-6-,21-13?,28-15?,29-15?,30-13?,49-32?,49-44?,50-43?,50-45?. The van der Waals surface area contributed by atoms with Gasteiger partial charge in [-0.15, -0.1) is 0 Å². The third-order valence-corrected chi connectivity index (χ3v) is 11.5. The quantitative estimate of drug-likeness (QED) is 0.216. The lowest BCUT2D eigenvalue weighted by Crippen LogP contribution is -2.41. The van der Waals surface area contributed by atoms with Gasteiger partial charge >= 0.3 is 0 Å². The first-order valence-electron chi connectivity index (χ1n) is 19.1. The number of amidine groups is 4. The Morgan fingerprint density at radius 2 is 1.34 bits per heavy atom. The molecule has 0 aromatic rings. The molecule has 6 unspecified atom stereocenters. The average molecular weight is 787 g/mol. The molecule has 10 aliphatic rings. The monoisotopic (exact) mass is 786 g/mol. The van der Waals surface area contributed by atoms with Crippen LogP contribution in [0.2, 0.25) is 0 Å². The SMILES string of the molecule is C=C1C(O)=C(O)C(C)C2=C1C1=NC2=NC2=NC(=NC3=NC(=CC4=NC(=C1)C=C4C(/C=C\C(C)C)C(=O)C=O)C(C1C=CC(C)C(=O)C1=O)=C3)C1=C2C2C=CC1C(=O)C2=O. The number of aliphatic hydroxyl groups is 2. The average Bonchev–Trinajstić information content (AvgIpc) is 3.98. The molecule has 0 saturated carbocycles. The minimum absolute atomic E-state index is 0.0201. The summed E-state index contributed by atoms with van der Waals surface area (Å²) in [7, 11) is 0. The van der Waals surface area contributed by atoms with Crippen LogP contribution in [0, 0.1) is 41.4 Å². The van der Waals surface area contributed by atoms with Gasteiger partial charge in [-0.05, 0) is 41.4 Å². The molecule has 0 radical (unpaired) electrons. The molecule has 5 aliphatic carbocycles. The Morgan fingerprint density at radius 3 is 2.00 bits per heavy atom. The van der Waals surface area contributed by atoms with Crippen LogP contribution in [-0.4, -0.2) is 80.2 Å². The van der Waals surface area contributed by atoms with Gasteiger partial charge in [0.2, 0.25) is 28.9 Å². The molecule has 0 spiro atoms. The second-order valence-electron chi connectivity index (χ2n) is 15.7. The number of hydrogen-bond acceptors (Lipinski definition) is 14. The van der Waals surface area contributed by atoms with Gasteiger partial charge in [0.05, 0.1) is 46.5 Å². The van der Waals surface area contributed by atoms with Gasteiger partial charge in [0.25, 0.3) is 0 Å². The molecule has 0 saturated heterocycles. The number of carbonyl (C=O) groups excluding carboxylic acids is 6. The van der Waals surface area contributed by atoms with Crippen LogP contribution in [-0.2, 0) is 28.8 Å². The number of hydrogen-bond donors (Lipinski definition) is 2. The van der Waals surface area contributed by atoms with E-state index in [9.17, 15) is 39.0 Å². The van der Waals surface area contributed by atoms with E-state index in [1.165, 1.54) is 0 Å². The van der Waals surface area contributed by atoms with Gasteiger partial charge in [0.1, 0.15) is 5.76 Å². The molecule has 5 heterocycles. The molecule has 2 N–H and O–H groups in total. The number of nitrogens with zero attached hydrogens (tertiary/aromatic N) is 6. The van der Waals surface area contributed by atoms with E-state index in [2.05, 4.69) is 6.58 Å². The van der Waals surface area contributed by atoms with E-state index in [1.54, 1.807) is 74.6 Å². The van der Waals surface area contributed by atoms with E-state index in [0.29, 0.717) is 33.4 Å². The maximum absolute atomic E-state index is 13.6. The van der Waals surface area contributed by atoms with Gasteiger partial charge < -0.3 is 10.2 Å². The van der Waals surface area contributed by atoms with Crippen LogP contribution in [0.25, 0.3) is 0 Å². The second kappa shape index (κ2) is 13.4. The van der Waals surface area contributed by atoms with Gasteiger partial charge in [-0.25, -0.2) is 30.0 Å². The summed E-state index contributed by atoms with van der Waals surface area (Å²) in [5, 5.41) is 22.0. The first kappa shape index (κ1) is 37.4. The molecule has 0 amide bonds. The van der Waals surface area contributed by atoms with Crippen LogP contribution < -0.4 is 0 Å². The summed E-state index contributed by atoms with van der Waals surface area (Å²) in [6, 6.07) is 0. The van der Waals surface area contributed by atoms with Crippen molar-refractivity contribution in [1.29, 1.82) is 0 Å². The van der Waals surface area contributed by atoms with Gasteiger partial charge in [0.15, 0.2) is 35.4 Å². The van der Waals surface area contributed by atoms with Crippen LogP contribution in [0.5, 0.6) is 0 Å². The van der Waals surface area contributed by atoms with E-state index in [0.717, 1.165) is 0 Å². The Morgan fingerprint density at radius 1 is 0.712 bits per heavy atom. The Balaban J connectivity index is 1.32. The molecule has 59 heavy (non-hydrogen) atoms. The summed E-state index contributed by atoms with van der Waals surface area (Å²) in [6.45, 7) is 11.2. The van der Waals surface area contributed by atoms with Crippen molar-refractivity contribution < 1.29 is 39.0 Å². The van der Waals surface area contributed by atoms with Crippen LogP contribution in [0.1, 0.15) is 27.7 Å². The highest BCUT2D eigenvalue weighted by atomic mass is 16.3. The molecule has 14 heteroatoms. The van der Waals surface area contributed by atoms with Crippen molar-refractivity contribution >= 4 is 70.0 Å². The summed E-state index contributed by atoms with van der Waals surface area (Å²) in [4.78, 5) is 108. The summed E-state index contributed by atoms with van der Waals surface area (Å²) >= 11 is 0. The largest absolute Gasteiger partial charge is 0.508 e. The van der Waals surface area contributed by atoms with Crippen molar-refractivity contribution in [2.24, 2.45) is 71.4 Å². The first-order valence-corrected chi connectivity index (χ1v) is 19.1. The fourth-order valence-electron chi connectivity index (χ4n) is 8.49. The van der Waals surface area contributed by atoms with E-state index in [4.69, 9.17) is 30.0 Å². The topological polar surface area (TPSA) is 217 Å². The van der Waals surface area contributed by atoms with Gasteiger partial charge in [-0.1, -0.05) is 70.7 Å². The maximum atomic E-state index is 13.6. The Hall–Kier alpha value is -7.22. The van der Waals surface area contributed by atoms with Crippen molar-refractivity contribution in [3.8, 4) is 0 Å². The predicted octanol–water partition coefficient (Wildman–Crippen LogP) is 4.79. The maximum Gasteiger partial charge on any atom is 0.210 e. The third-order valence-electron chi connectivity index (χ3n) is 11.5. The van der Waals surface area contributed by atoms with Crippen molar-refractivity contribution in [3.63, 3.8) is 0 Å². The van der Waals surface area contributed by atoms with Crippen molar-refractivity contribution in [2.45, 2.75) is 27.7 Å². The number of allylic oxidation sites excluding steroid dienone is 13. The number of fused-ring (bicyclic) bond motifs is 7. The van der Waals surface area contributed by atoms with E-state index < -0.39 is 70.2 Å². The smallest absolute Gasteiger partial charge is 0.210 e. The zero-order valence-electron chi connectivity index (χ0n) is 32.1. The van der Waals surface area contributed by atoms with Gasteiger partial charge in [-0.3, -0.25) is 28.8 Å². The van der Waals surface area contributed by atoms with Crippen LogP contribution >= 0.6 is 0 Å². The fourth-order valence-corrected chi connectivity index (χ4v) is 8.49. The Labute approximate surface area is 336 Å². The lowest BCUT2D eigenvalue weighted by atomic mass is 9.70. The third kappa shape index (κ3) is 5.69. The molecule has 292 valence electrons. The van der Waals surface area contributed by atoms with Crippen LogP contribution in [0.15, 0.2) is 159 Å². The first-order chi connectivity index (χ1) is 28.2. The van der Waals surface area contributed by atoms with E-state index >= 15 is 0 Å². The number of carbonyl (C=O) groups is 6. The predicted molar refractivity (Wildman–Crippen MR) is 218 cm³/mol. The summed E-state index contributed by atoms with van der Waals surface area (Å²) < 4.78 is 0. The number of Topliss-reactive ketones (excluding diaryl/α,β-unsaturated/α-hetero) is 5. The number of rotatable bonds is 6. The van der Waals surface area contributed by atoms with Gasteiger partial charge in [0, 0.05) is 39.7 Å². The number of aliphatic hydroxyl groups excluding tert-OH is 2. The van der Waals surface area contributed by atoms with Crippen molar-refractivity contribution in [2.75, 3.05) is 0 Å². The highest BCUT2D eigenvalue weighted by Gasteiger charge is 2.50. The normalized spacial score (nSPS) is 28.6. The Kier molecular flexibility index (Phi) is 8.51. The second-order valence-corrected chi connectivity index (χ2v) is 15.7. The molecule has 0 aromatic heterocycles. The van der Waals surface area contributed by atoms with Crippen LogP contribution in [0.4, 0.5) is 0 Å². The minimum atomic E-state index is -1.08. The van der Waals surface area contributed by atoms with Gasteiger partial charge in [-0.2, -0.15) is 0 Å². The molecule has 6 atom stereocenters. The zero-order chi connectivity index (χ0) is 41.8. The number of ketones is 5. The van der Waals surface area contributed by atoms with Crippen LogP contribution in [0.3, 0.4) is 0 Å². The lowest BCUT2D eigenvalue weighted by molar-refractivity contribution is -0.139. The minimum Gasteiger partial charge on any atom is -0.508 e. The Bertz CT molecular complexity index is 2780. The van der Waals surface area contributed by atoms with Crippen molar-refractivity contribution in [1.82, 2.24) is 0 Å². The van der Waals surface area contributed by atoms with Crippen molar-refractivity contribution in [3.05, 3.63) is 129 Å². The molecular formula is C45H34N6O8. The molecule has 10 bridgehead atoms. The molecule has 14 nitrogen and oxygen atoms in total. The fraction of sp³-hybridized carbons (Fsp3) is 0.244.